The summed E-state index contributed by atoms with van der Waals surface area (Å²) in [6.07, 6.45) is 1.25. The molecule has 2 aromatic carbocycles. The minimum absolute atomic E-state index is 0.0501. The van der Waals surface area contributed by atoms with Crippen molar-refractivity contribution in [3.05, 3.63) is 46.4 Å². The van der Waals surface area contributed by atoms with E-state index in [0.29, 0.717) is 12.1 Å². The second-order valence-corrected chi connectivity index (χ2v) is 5.60. The van der Waals surface area contributed by atoms with Crippen molar-refractivity contribution in [1.29, 1.82) is 0 Å². The number of nitrogen functional groups attached to an aromatic ring is 1. The number of hydrogen-bond donors (Lipinski definition) is 3. The van der Waals surface area contributed by atoms with Crippen LogP contribution in [0.25, 0.3) is 0 Å². The van der Waals surface area contributed by atoms with Crippen molar-refractivity contribution >= 4 is 44.6 Å². The van der Waals surface area contributed by atoms with Gasteiger partial charge in [-0.3, -0.25) is 4.79 Å². The molecule has 20 heavy (non-hydrogen) atoms. The number of carbonyl (C=O) groups is 1. The highest BCUT2D eigenvalue weighted by Gasteiger charge is 2.16. The first-order valence-electron chi connectivity index (χ1n) is 6.37. The molecule has 0 atom stereocenters. The van der Waals surface area contributed by atoms with Gasteiger partial charge in [-0.25, -0.2) is 0 Å². The summed E-state index contributed by atoms with van der Waals surface area (Å²) < 4.78 is 0.959. The van der Waals surface area contributed by atoms with Crippen LogP contribution in [0.4, 0.5) is 22.7 Å². The number of rotatable bonds is 2. The van der Waals surface area contributed by atoms with Gasteiger partial charge in [0.25, 0.3) is 0 Å². The lowest BCUT2D eigenvalue weighted by atomic mass is 10.0. The lowest BCUT2D eigenvalue weighted by Crippen LogP contribution is -2.19. The van der Waals surface area contributed by atoms with E-state index in [1.807, 2.05) is 36.4 Å². The number of anilines is 4. The zero-order valence-electron chi connectivity index (χ0n) is 10.7. The smallest absolute Gasteiger partial charge is 0.224 e. The van der Waals surface area contributed by atoms with Gasteiger partial charge in [0.05, 0.1) is 17.1 Å². The fraction of sp³-hybridized carbons (Fsp3) is 0.133. The van der Waals surface area contributed by atoms with Crippen molar-refractivity contribution in [2.45, 2.75) is 12.8 Å². The van der Waals surface area contributed by atoms with Crippen LogP contribution in [0.5, 0.6) is 0 Å². The standard InChI is InChI=1S/C15H14BrN3O/c16-10-3-1-2-4-12(10)18-14-8-13-9(7-11(14)17)5-6-15(20)19-13/h1-4,7-8,18H,5-6,17H2,(H,19,20). The first-order chi connectivity index (χ1) is 9.63. The molecule has 1 heterocycles. The van der Waals surface area contributed by atoms with Crippen molar-refractivity contribution < 1.29 is 4.79 Å². The predicted octanol–water partition coefficient (Wildman–Crippen LogP) is 3.66. The fourth-order valence-electron chi connectivity index (χ4n) is 2.26. The van der Waals surface area contributed by atoms with Crippen LogP contribution in [0.2, 0.25) is 0 Å². The second-order valence-electron chi connectivity index (χ2n) is 4.75. The van der Waals surface area contributed by atoms with Crippen LogP contribution in [0.3, 0.4) is 0 Å². The van der Waals surface area contributed by atoms with Gasteiger partial charge in [-0.15, -0.1) is 0 Å². The van der Waals surface area contributed by atoms with Crippen LogP contribution in [0.15, 0.2) is 40.9 Å². The molecule has 0 unspecified atom stereocenters. The van der Waals surface area contributed by atoms with Crippen molar-refractivity contribution in [3.8, 4) is 0 Å². The molecule has 1 amide bonds. The highest BCUT2D eigenvalue weighted by molar-refractivity contribution is 9.10. The van der Waals surface area contributed by atoms with E-state index in [1.54, 1.807) is 0 Å². The molecule has 0 saturated heterocycles. The lowest BCUT2D eigenvalue weighted by Gasteiger charge is -2.20. The Kier molecular flexibility index (Phi) is 3.36. The number of para-hydroxylation sites is 1. The molecule has 1 aliphatic heterocycles. The zero-order valence-corrected chi connectivity index (χ0v) is 12.3. The third-order valence-electron chi connectivity index (χ3n) is 3.31. The average Bonchev–Trinajstić information content (AvgIpc) is 2.42. The maximum atomic E-state index is 11.5. The first-order valence-corrected chi connectivity index (χ1v) is 7.16. The highest BCUT2D eigenvalue weighted by atomic mass is 79.9. The van der Waals surface area contributed by atoms with Crippen molar-refractivity contribution in [2.75, 3.05) is 16.4 Å². The van der Waals surface area contributed by atoms with Gasteiger partial charge in [-0.2, -0.15) is 0 Å². The molecule has 2 aromatic rings. The average molecular weight is 332 g/mol. The van der Waals surface area contributed by atoms with Crippen molar-refractivity contribution in [2.24, 2.45) is 0 Å². The topological polar surface area (TPSA) is 67.2 Å². The predicted molar refractivity (Wildman–Crippen MR) is 85.2 cm³/mol. The number of aryl methyl sites for hydroxylation is 1. The Bertz CT molecular complexity index is 685. The van der Waals surface area contributed by atoms with E-state index in [2.05, 4.69) is 26.6 Å². The summed E-state index contributed by atoms with van der Waals surface area (Å²) in [6.45, 7) is 0. The minimum atomic E-state index is 0.0501. The van der Waals surface area contributed by atoms with Gasteiger partial charge in [0, 0.05) is 16.6 Å². The molecule has 5 heteroatoms. The van der Waals surface area contributed by atoms with Gasteiger partial charge in [0.1, 0.15) is 0 Å². The molecule has 0 radical (unpaired) electrons. The Morgan fingerprint density at radius 1 is 1.15 bits per heavy atom. The normalized spacial score (nSPS) is 13.6. The molecule has 102 valence electrons. The van der Waals surface area contributed by atoms with E-state index in [0.717, 1.165) is 33.5 Å². The van der Waals surface area contributed by atoms with E-state index in [4.69, 9.17) is 5.73 Å². The summed E-state index contributed by atoms with van der Waals surface area (Å²) in [6, 6.07) is 11.6. The third kappa shape index (κ3) is 2.49. The van der Waals surface area contributed by atoms with E-state index in [1.165, 1.54) is 0 Å². The summed E-state index contributed by atoms with van der Waals surface area (Å²) >= 11 is 3.49. The maximum absolute atomic E-state index is 11.5. The van der Waals surface area contributed by atoms with Crippen LogP contribution in [-0.4, -0.2) is 5.91 Å². The molecule has 0 spiro atoms. The number of carbonyl (C=O) groups excluding carboxylic acids is 1. The highest BCUT2D eigenvalue weighted by Crippen LogP contribution is 2.34. The van der Waals surface area contributed by atoms with E-state index in [-0.39, 0.29) is 5.91 Å². The number of halogens is 1. The van der Waals surface area contributed by atoms with Gasteiger partial charge in [-0.1, -0.05) is 12.1 Å². The van der Waals surface area contributed by atoms with Gasteiger partial charge in [-0.05, 0) is 52.2 Å². The Morgan fingerprint density at radius 2 is 1.95 bits per heavy atom. The molecular weight excluding hydrogens is 318 g/mol. The summed E-state index contributed by atoms with van der Waals surface area (Å²) in [5.41, 5.74) is 10.4. The van der Waals surface area contributed by atoms with Crippen LogP contribution in [0, 0.1) is 0 Å². The van der Waals surface area contributed by atoms with Crippen LogP contribution in [-0.2, 0) is 11.2 Å². The first kappa shape index (κ1) is 13.0. The van der Waals surface area contributed by atoms with Crippen molar-refractivity contribution in [3.63, 3.8) is 0 Å². The largest absolute Gasteiger partial charge is 0.397 e. The Labute approximate surface area is 125 Å². The molecule has 0 saturated carbocycles. The second kappa shape index (κ2) is 5.17. The Balaban J connectivity index is 1.96. The Hall–Kier alpha value is -2.01. The number of benzene rings is 2. The van der Waals surface area contributed by atoms with Gasteiger partial charge < -0.3 is 16.4 Å². The third-order valence-corrected chi connectivity index (χ3v) is 4.01. The quantitative estimate of drug-likeness (QED) is 0.735. The molecule has 3 rings (SSSR count). The summed E-state index contributed by atoms with van der Waals surface area (Å²) in [5, 5.41) is 6.16. The van der Waals surface area contributed by atoms with E-state index >= 15 is 0 Å². The number of nitrogens with one attached hydrogen (secondary N) is 2. The molecule has 0 aliphatic carbocycles. The summed E-state index contributed by atoms with van der Waals surface area (Å²) in [5.74, 6) is 0.0501. The molecule has 1 aliphatic rings. The molecule has 4 N–H and O–H groups in total. The van der Waals surface area contributed by atoms with Crippen LogP contribution in [0.1, 0.15) is 12.0 Å². The van der Waals surface area contributed by atoms with E-state index < -0.39 is 0 Å². The number of hydrogen-bond acceptors (Lipinski definition) is 3. The monoisotopic (exact) mass is 331 g/mol. The summed E-state index contributed by atoms with van der Waals surface area (Å²) in [4.78, 5) is 11.5. The number of amides is 1. The van der Waals surface area contributed by atoms with Crippen LogP contribution >= 0.6 is 15.9 Å². The summed E-state index contributed by atoms with van der Waals surface area (Å²) in [7, 11) is 0. The molecule has 0 bridgehead atoms. The molecule has 0 fully saturated rings. The molecule has 4 nitrogen and oxygen atoms in total. The number of fused-ring (bicyclic) bond motifs is 1. The zero-order chi connectivity index (χ0) is 14.1. The lowest BCUT2D eigenvalue weighted by molar-refractivity contribution is -0.116. The maximum Gasteiger partial charge on any atom is 0.224 e. The van der Waals surface area contributed by atoms with Crippen LogP contribution < -0.4 is 16.4 Å². The Morgan fingerprint density at radius 3 is 2.75 bits per heavy atom. The van der Waals surface area contributed by atoms with Crippen molar-refractivity contribution in [1.82, 2.24) is 0 Å². The van der Waals surface area contributed by atoms with Gasteiger partial charge in [0.15, 0.2) is 0 Å². The van der Waals surface area contributed by atoms with Gasteiger partial charge in [0.2, 0.25) is 5.91 Å². The minimum Gasteiger partial charge on any atom is -0.397 e. The SMILES string of the molecule is Nc1cc2c(cc1Nc1ccccc1Br)NC(=O)CC2. The fourth-order valence-corrected chi connectivity index (χ4v) is 2.65. The van der Waals surface area contributed by atoms with E-state index in [9.17, 15) is 4.79 Å². The molecular formula is C15H14BrN3O. The number of nitrogens with two attached hydrogens (primary N) is 1. The molecule has 0 aromatic heterocycles. The van der Waals surface area contributed by atoms with Gasteiger partial charge >= 0.3 is 0 Å².